The highest BCUT2D eigenvalue weighted by atomic mass is 19.4. The molecule has 0 saturated carbocycles. The number of nitrogens with zero attached hydrogens (tertiary/aromatic N) is 3. The van der Waals surface area contributed by atoms with Crippen LogP contribution in [-0.4, -0.2) is 26.7 Å². The van der Waals surface area contributed by atoms with Gasteiger partial charge in [0.05, 0.1) is 11.8 Å². The van der Waals surface area contributed by atoms with Gasteiger partial charge in [0.2, 0.25) is 5.91 Å². The van der Waals surface area contributed by atoms with E-state index in [0.29, 0.717) is 11.3 Å². The molecule has 3 rings (SSSR count). The van der Waals surface area contributed by atoms with E-state index in [1.54, 1.807) is 12.1 Å². The molecule has 10 heteroatoms. The van der Waals surface area contributed by atoms with Gasteiger partial charge >= 0.3 is 6.18 Å². The summed E-state index contributed by atoms with van der Waals surface area (Å²) in [7, 11) is 0. The predicted octanol–water partition coefficient (Wildman–Crippen LogP) is 3.79. The van der Waals surface area contributed by atoms with Gasteiger partial charge in [-0.25, -0.2) is 0 Å². The zero-order chi connectivity index (χ0) is 21.0. The number of nitrogens with one attached hydrogen (secondary N) is 1. The van der Waals surface area contributed by atoms with Crippen molar-refractivity contribution in [1.82, 2.24) is 15.0 Å². The lowest BCUT2D eigenvalue weighted by Gasteiger charge is -2.05. The quantitative estimate of drug-likeness (QED) is 0.499. The summed E-state index contributed by atoms with van der Waals surface area (Å²) in [6.07, 6.45) is -0.521. The minimum atomic E-state index is -4.41. The fourth-order valence-electron chi connectivity index (χ4n) is 2.35. The molecule has 150 valence electrons. The monoisotopic (exact) mass is 404 g/mol. The van der Waals surface area contributed by atoms with E-state index >= 15 is 0 Å². The summed E-state index contributed by atoms with van der Waals surface area (Å²) < 4.78 is 42.9. The first-order valence-corrected chi connectivity index (χ1v) is 8.37. The SMILES string of the molecule is CC(=O)c1ccc(Cn2ncc(NC(=O)/C=C\c3ccc(C(F)(F)F)cc3)n2)o1. The Balaban J connectivity index is 1.57. The molecule has 2 heterocycles. The lowest BCUT2D eigenvalue weighted by Crippen LogP contribution is -2.09. The van der Waals surface area contributed by atoms with Crippen LogP contribution in [0.25, 0.3) is 6.08 Å². The number of amides is 1. The minimum absolute atomic E-state index is 0.171. The van der Waals surface area contributed by atoms with E-state index in [-0.39, 0.29) is 23.9 Å². The standard InChI is InChI=1S/C19H15F3N4O3/c1-12(27)16-8-7-15(29-16)11-26-23-10-17(25-26)24-18(28)9-4-13-2-5-14(6-3-13)19(20,21)22/h2-10H,11H2,1H3,(H,24,25,28)/b9-4-. The van der Waals surface area contributed by atoms with Crippen molar-refractivity contribution in [3.63, 3.8) is 0 Å². The largest absolute Gasteiger partial charge is 0.456 e. The Morgan fingerprint density at radius 1 is 1.17 bits per heavy atom. The van der Waals surface area contributed by atoms with Crippen LogP contribution in [0, 0.1) is 0 Å². The van der Waals surface area contributed by atoms with Crippen LogP contribution < -0.4 is 5.32 Å². The molecule has 1 N–H and O–H groups in total. The smallest absolute Gasteiger partial charge is 0.416 e. The lowest BCUT2D eigenvalue weighted by molar-refractivity contribution is -0.137. The molecule has 0 aliphatic rings. The van der Waals surface area contributed by atoms with Gasteiger partial charge in [-0.3, -0.25) is 9.59 Å². The van der Waals surface area contributed by atoms with Crippen molar-refractivity contribution in [3.8, 4) is 0 Å². The molecule has 7 nitrogen and oxygen atoms in total. The number of rotatable bonds is 6. The molecule has 0 radical (unpaired) electrons. The second-order valence-corrected chi connectivity index (χ2v) is 6.02. The van der Waals surface area contributed by atoms with Crippen LogP contribution in [0.1, 0.15) is 34.4 Å². The second kappa shape index (κ2) is 8.13. The molecule has 29 heavy (non-hydrogen) atoms. The molecule has 0 unspecified atom stereocenters. The summed E-state index contributed by atoms with van der Waals surface area (Å²) in [6.45, 7) is 1.56. The van der Waals surface area contributed by atoms with Crippen molar-refractivity contribution in [2.45, 2.75) is 19.6 Å². The van der Waals surface area contributed by atoms with Crippen LogP contribution in [-0.2, 0) is 17.5 Å². The van der Waals surface area contributed by atoms with E-state index in [1.807, 2.05) is 0 Å². The average Bonchev–Trinajstić information content (AvgIpc) is 3.30. The van der Waals surface area contributed by atoms with Gasteiger partial charge in [-0.1, -0.05) is 12.1 Å². The van der Waals surface area contributed by atoms with E-state index < -0.39 is 17.6 Å². The molecular formula is C19H15F3N4O3. The van der Waals surface area contributed by atoms with Gasteiger partial charge in [-0.2, -0.15) is 23.1 Å². The Morgan fingerprint density at radius 3 is 2.52 bits per heavy atom. The average molecular weight is 404 g/mol. The summed E-state index contributed by atoms with van der Waals surface area (Å²) in [6, 6.07) is 7.59. The highest BCUT2D eigenvalue weighted by molar-refractivity contribution is 6.01. The van der Waals surface area contributed by atoms with Crippen molar-refractivity contribution in [2.75, 3.05) is 5.32 Å². The number of Topliss-reactive ketones (excluding diaryl/α,β-unsaturated/α-hetero) is 1. The summed E-state index contributed by atoms with van der Waals surface area (Å²) in [5.74, 6) is 0.177. The number of anilines is 1. The number of carbonyl (C=O) groups excluding carboxylic acids is 2. The number of halogens is 3. The molecule has 0 saturated heterocycles. The number of ketones is 1. The third kappa shape index (κ3) is 5.41. The third-order valence-corrected chi connectivity index (χ3v) is 3.76. The second-order valence-electron chi connectivity index (χ2n) is 6.02. The Morgan fingerprint density at radius 2 is 1.90 bits per heavy atom. The number of furan rings is 1. The van der Waals surface area contributed by atoms with Gasteiger partial charge in [-0.15, -0.1) is 5.10 Å². The zero-order valence-electron chi connectivity index (χ0n) is 15.1. The molecule has 1 aromatic carbocycles. The highest BCUT2D eigenvalue weighted by Crippen LogP contribution is 2.29. The molecule has 0 fully saturated rings. The van der Waals surface area contributed by atoms with E-state index in [9.17, 15) is 22.8 Å². The molecule has 0 aliphatic heterocycles. The maximum Gasteiger partial charge on any atom is 0.416 e. The van der Waals surface area contributed by atoms with Crippen molar-refractivity contribution >= 4 is 23.6 Å². The molecule has 3 aromatic rings. The van der Waals surface area contributed by atoms with E-state index in [0.717, 1.165) is 12.1 Å². The summed E-state index contributed by atoms with van der Waals surface area (Å²) in [5.41, 5.74) is -0.321. The van der Waals surface area contributed by atoms with Crippen LogP contribution in [0.5, 0.6) is 0 Å². The first-order chi connectivity index (χ1) is 13.7. The molecule has 0 spiro atoms. The Labute approximate surface area is 162 Å². The van der Waals surface area contributed by atoms with Crippen molar-refractivity contribution in [1.29, 1.82) is 0 Å². The van der Waals surface area contributed by atoms with Gasteiger partial charge in [0, 0.05) is 13.0 Å². The van der Waals surface area contributed by atoms with Crippen LogP contribution in [0.3, 0.4) is 0 Å². The third-order valence-electron chi connectivity index (χ3n) is 3.76. The van der Waals surface area contributed by atoms with Crippen molar-refractivity contribution < 1.29 is 27.2 Å². The number of carbonyl (C=O) groups is 2. The maximum atomic E-state index is 12.5. The van der Waals surface area contributed by atoms with Crippen LogP contribution in [0.15, 0.2) is 53.1 Å². The summed E-state index contributed by atoms with van der Waals surface area (Å²) >= 11 is 0. The number of benzene rings is 1. The Kier molecular flexibility index (Phi) is 5.62. The van der Waals surface area contributed by atoms with Gasteiger partial charge in [0.15, 0.2) is 17.4 Å². The van der Waals surface area contributed by atoms with Gasteiger partial charge < -0.3 is 9.73 Å². The van der Waals surface area contributed by atoms with Gasteiger partial charge in [-0.05, 0) is 35.9 Å². The Bertz CT molecular complexity index is 1050. The van der Waals surface area contributed by atoms with E-state index in [1.165, 1.54) is 42.2 Å². The fraction of sp³-hybridized carbons (Fsp3) is 0.158. The van der Waals surface area contributed by atoms with Gasteiger partial charge in [0.25, 0.3) is 0 Å². The first-order valence-electron chi connectivity index (χ1n) is 8.37. The number of hydrogen-bond donors (Lipinski definition) is 1. The predicted molar refractivity (Wildman–Crippen MR) is 96.9 cm³/mol. The topological polar surface area (TPSA) is 90.0 Å². The zero-order valence-corrected chi connectivity index (χ0v) is 15.1. The molecule has 1 amide bonds. The Hall–Kier alpha value is -3.69. The molecular weight excluding hydrogens is 389 g/mol. The molecule has 0 aliphatic carbocycles. The molecule has 0 bridgehead atoms. The fourth-order valence-corrected chi connectivity index (χ4v) is 2.35. The van der Waals surface area contributed by atoms with E-state index in [2.05, 4.69) is 15.5 Å². The van der Waals surface area contributed by atoms with Crippen molar-refractivity contribution in [2.24, 2.45) is 0 Å². The highest BCUT2D eigenvalue weighted by Gasteiger charge is 2.29. The number of hydrogen-bond acceptors (Lipinski definition) is 5. The van der Waals surface area contributed by atoms with Crippen LogP contribution in [0.2, 0.25) is 0 Å². The van der Waals surface area contributed by atoms with Crippen LogP contribution >= 0.6 is 0 Å². The first kappa shape index (κ1) is 20.1. The maximum absolute atomic E-state index is 12.5. The summed E-state index contributed by atoms with van der Waals surface area (Å²) in [4.78, 5) is 24.4. The number of aromatic nitrogens is 3. The van der Waals surface area contributed by atoms with Crippen molar-refractivity contribution in [3.05, 3.63) is 71.3 Å². The number of alkyl halides is 3. The summed E-state index contributed by atoms with van der Waals surface area (Å²) in [5, 5.41) is 10.5. The minimum Gasteiger partial charge on any atom is -0.456 e. The normalized spacial score (nSPS) is 11.7. The lowest BCUT2D eigenvalue weighted by atomic mass is 10.1. The molecule has 2 aromatic heterocycles. The van der Waals surface area contributed by atoms with E-state index in [4.69, 9.17) is 4.42 Å². The van der Waals surface area contributed by atoms with Crippen LogP contribution in [0.4, 0.5) is 19.0 Å². The molecule has 0 atom stereocenters. The van der Waals surface area contributed by atoms with Gasteiger partial charge in [0.1, 0.15) is 12.3 Å².